The van der Waals surface area contributed by atoms with Gasteiger partial charge < -0.3 is 14.2 Å². The molecule has 1 aromatic rings. The molecule has 2 atom stereocenters. The number of benzene rings is 1. The van der Waals surface area contributed by atoms with Crippen LogP contribution in [0.2, 0.25) is 0 Å². The smallest absolute Gasteiger partial charge is 0.232 e. The molecule has 0 bridgehead atoms. The summed E-state index contributed by atoms with van der Waals surface area (Å²) < 4.78 is 11.0. The third-order valence-electron chi connectivity index (χ3n) is 2.16. The van der Waals surface area contributed by atoms with E-state index >= 15 is 0 Å². The quantitative estimate of drug-likeness (QED) is 0.783. The third kappa shape index (κ3) is 3.69. The molecule has 84 valence electrons. The van der Waals surface area contributed by atoms with Crippen molar-refractivity contribution in [2.75, 3.05) is 7.11 Å². The maximum Gasteiger partial charge on any atom is 0.232 e. The minimum Gasteiger partial charge on any atom is -0.508 e. The zero-order valence-corrected chi connectivity index (χ0v) is 10.2. The zero-order chi connectivity index (χ0) is 11.3. The van der Waals surface area contributed by atoms with Crippen LogP contribution in [0, 0.1) is 0 Å². The molecule has 0 aliphatic heterocycles. The van der Waals surface area contributed by atoms with Crippen LogP contribution < -0.4 is 4.52 Å². The third-order valence-corrected chi connectivity index (χ3v) is 4.00. The summed E-state index contributed by atoms with van der Waals surface area (Å²) in [6, 6.07) is 6.70. The number of aromatic hydroxyl groups is 1. The van der Waals surface area contributed by atoms with E-state index in [1.54, 1.807) is 31.4 Å². The molecule has 0 heterocycles. The van der Waals surface area contributed by atoms with Gasteiger partial charge in [-0.2, -0.15) is 0 Å². The first-order valence-corrected chi connectivity index (χ1v) is 6.22. The molecule has 2 unspecified atom stereocenters. The molecule has 0 aliphatic rings. The summed E-state index contributed by atoms with van der Waals surface area (Å²) in [5, 5.41) is 9.12. The van der Waals surface area contributed by atoms with Crippen LogP contribution in [-0.2, 0) is 4.52 Å². The second-order valence-corrected chi connectivity index (χ2v) is 5.31. The molecule has 1 aromatic carbocycles. The van der Waals surface area contributed by atoms with Gasteiger partial charge in [0.15, 0.2) is 0 Å². The molecule has 4 heteroatoms. The summed E-state index contributed by atoms with van der Waals surface area (Å²) >= 11 is 0. The Labute approximate surface area is 92.0 Å². The lowest BCUT2D eigenvalue weighted by Crippen LogP contribution is -2.04. The van der Waals surface area contributed by atoms with E-state index in [-0.39, 0.29) is 5.75 Å². The van der Waals surface area contributed by atoms with Crippen LogP contribution >= 0.6 is 8.38 Å². The number of rotatable bonds is 5. The van der Waals surface area contributed by atoms with Gasteiger partial charge in [0.05, 0.1) is 0 Å². The maximum absolute atomic E-state index is 9.12. The highest BCUT2D eigenvalue weighted by Crippen LogP contribution is 2.44. The van der Waals surface area contributed by atoms with Gasteiger partial charge in [0.2, 0.25) is 8.38 Å². The Bertz CT molecular complexity index is 286. The predicted octanol–water partition coefficient (Wildman–Crippen LogP) is 3.53. The summed E-state index contributed by atoms with van der Waals surface area (Å²) in [6.45, 7) is 4.22. The lowest BCUT2D eigenvalue weighted by Gasteiger charge is -2.20. The Morgan fingerprint density at radius 3 is 2.40 bits per heavy atom. The van der Waals surface area contributed by atoms with Crippen molar-refractivity contribution in [3.8, 4) is 11.5 Å². The van der Waals surface area contributed by atoms with Gasteiger partial charge in [0.1, 0.15) is 11.5 Å². The molecular formula is C11H17O3P. The molecule has 0 saturated heterocycles. The first-order valence-electron chi connectivity index (χ1n) is 4.97. The van der Waals surface area contributed by atoms with E-state index in [9.17, 15) is 0 Å². The Kier molecular flexibility index (Phi) is 4.86. The highest BCUT2D eigenvalue weighted by molar-refractivity contribution is 7.48. The fourth-order valence-electron chi connectivity index (χ4n) is 1.07. The van der Waals surface area contributed by atoms with Crippen molar-refractivity contribution in [2.24, 2.45) is 0 Å². The summed E-state index contributed by atoms with van der Waals surface area (Å²) in [4.78, 5) is 0. The van der Waals surface area contributed by atoms with E-state index in [1.165, 1.54) is 0 Å². The maximum atomic E-state index is 9.12. The van der Waals surface area contributed by atoms with Gasteiger partial charge in [-0.05, 0) is 30.7 Å². The van der Waals surface area contributed by atoms with E-state index in [0.717, 1.165) is 12.2 Å². The van der Waals surface area contributed by atoms with Crippen molar-refractivity contribution < 1.29 is 14.2 Å². The van der Waals surface area contributed by atoms with Crippen molar-refractivity contribution in [1.82, 2.24) is 0 Å². The molecule has 0 aromatic heterocycles. The Hall–Kier alpha value is -0.790. The predicted molar refractivity (Wildman–Crippen MR) is 62.4 cm³/mol. The van der Waals surface area contributed by atoms with Crippen LogP contribution in [0.3, 0.4) is 0 Å². The van der Waals surface area contributed by atoms with Crippen LogP contribution in [0.5, 0.6) is 11.5 Å². The van der Waals surface area contributed by atoms with Crippen molar-refractivity contribution in [2.45, 2.75) is 25.9 Å². The SMILES string of the molecule is CCC(C)P(OC)Oc1ccc(O)cc1. The number of phenols is 1. The second kappa shape index (κ2) is 5.94. The fraction of sp³-hybridized carbons (Fsp3) is 0.455. The average molecular weight is 228 g/mol. The molecule has 15 heavy (non-hydrogen) atoms. The summed E-state index contributed by atoms with van der Waals surface area (Å²) in [5.41, 5.74) is 0.402. The topological polar surface area (TPSA) is 38.7 Å². The van der Waals surface area contributed by atoms with E-state index < -0.39 is 8.38 Å². The van der Waals surface area contributed by atoms with E-state index in [0.29, 0.717) is 5.66 Å². The van der Waals surface area contributed by atoms with Gasteiger partial charge in [-0.3, -0.25) is 0 Å². The van der Waals surface area contributed by atoms with Gasteiger partial charge in [0.25, 0.3) is 0 Å². The fourth-order valence-corrected chi connectivity index (χ4v) is 2.31. The molecule has 0 spiro atoms. The highest BCUT2D eigenvalue weighted by Gasteiger charge is 2.18. The minimum absolute atomic E-state index is 0.243. The van der Waals surface area contributed by atoms with Gasteiger partial charge in [-0.15, -0.1) is 0 Å². The van der Waals surface area contributed by atoms with Crippen LogP contribution in [0.25, 0.3) is 0 Å². The molecule has 0 saturated carbocycles. The summed E-state index contributed by atoms with van der Waals surface area (Å²) in [6.07, 6.45) is 1.03. The first-order chi connectivity index (χ1) is 7.17. The monoisotopic (exact) mass is 228 g/mol. The molecular weight excluding hydrogens is 211 g/mol. The van der Waals surface area contributed by atoms with Gasteiger partial charge in [0, 0.05) is 12.8 Å². The molecule has 1 rings (SSSR count). The normalized spacial score (nSPS) is 14.6. The minimum atomic E-state index is -0.887. The zero-order valence-electron chi connectivity index (χ0n) is 9.30. The van der Waals surface area contributed by atoms with E-state index in [4.69, 9.17) is 14.2 Å². The lowest BCUT2D eigenvalue weighted by molar-refractivity contribution is 0.384. The van der Waals surface area contributed by atoms with Gasteiger partial charge in [-0.1, -0.05) is 13.8 Å². The van der Waals surface area contributed by atoms with E-state index in [1.807, 2.05) is 0 Å². The molecule has 0 aliphatic carbocycles. The number of phenolic OH excluding ortho intramolecular Hbond substituents is 1. The van der Waals surface area contributed by atoms with Crippen LogP contribution in [0.4, 0.5) is 0 Å². The molecule has 0 amide bonds. The van der Waals surface area contributed by atoms with Gasteiger partial charge in [-0.25, -0.2) is 0 Å². The molecule has 3 nitrogen and oxygen atoms in total. The Balaban J connectivity index is 2.62. The van der Waals surface area contributed by atoms with Crippen molar-refractivity contribution in [3.63, 3.8) is 0 Å². The standard InChI is InChI=1S/C11H17O3P/c1-4-9(2)15(13-3)14-11-7-5-10(12)6-8-11/h5-9,12H,4H2,1-3H3. The molecule has 0 radical (unpaired) electrons. The Morgan fingerprint density at radius 1 is 1.33 bits per heavy atom. The molecule has 1 N–H and O–H groups in total. The largest absolute Gasteiger partial charge is 0.508 e. The molecule has 0 fully saturated rings. The summed E-state index contributed by atoms with van der Waals surface area (Å²) in [7, 11) is 0.778. The highest BCUT2D eigenvalue weighted by atomic mass is 31.2. The van der Waals surface area contributed by atoms with Crippen LogP contribution in [-0.4, -0.2) is 17.9 Å². The lowest BCUT2D eigenvalue weighted by atomic mass is 10.3. The van der Waals surface area contributed by atoms with E-state index in [2.05, 4.69) is 13.8 Å². The van der Waals surface area contributed by atoms with Crippen molar-refractivity contribution in [1.29, 1.82) is 0 Å². The summed E-state index contributed by atoms with van der Waals surface area (Å²) in [5.74, 6) is 0.980. The Morgan fingerprint density at radius 2 is 1.93 bits per heavy atom. The van der Waals surface area contributed by atoms with Crippen LogP contribution in [0.1, 0.15) is 20.3 Å². The second-order valence-electron chi connectivity index (χ2n) is 3.31. The number of hydrogen-bond donors (Lipinski definition) is 1. The first kappa shape index (κ1) is 12.3. The number of hydrogen-bond acceptors (Lipinski definition) is 3. The van der Waals surface area contributed by atoms with Crippen molar-refractivity contribution >= 4 is 8.38 Å². The van der Waals surface area contributed by atoms with Gasteiger partial charge >= 0.3 is 0 Å². The van der Waals surface area contributed by atoms with Crippen LogP contribution in [0.15, 0.2) is 24.3 Å². The van der Waals surface area contributed by atoms with Crippen molar-refractivity contribution in [3.05, 3.63) is 24.3 Å². The average Bonchev–Trinajstić information content (AvgIpc) is 2.27.